The second-order valence-corrected chi connectivity index (χ2v) is 4.19. The molecular formula is C12H16O. The number of hydrogen-bond donors (Lipinski definition) is 0. The van der Waals surface area contributed by atoms with E-state index in [1.807, 2.05) is 0 Å². The molecule has 0 aliphatic carbocycles. The maximum atomic E-state index is 5.37. The third-order valence-corrected chi connectivity index (χ3v) is 2.43. The minimum absolute atomic E-state index is 0.736. The first-order valence-corrected chi connectivity index (χ1v) is 4.94. The molecule has 1 nitrogen and oxygen atoms in total. The van der Waals surface area contributed by atoms with Crippen molar-refractivity contribution in [1.82, 2.24) is 0 Å². The molecule has 0 saturated carbocycles. The quantitative estimate of drug-likeness (QED) is 0.673. The highest BCUT2D eigenvalue weighted by molar-refractivity contribution is 5.33. The van der Waals surface area contributed by atoms with Crippen LogP contribution in [0.2, 0.25) is 0 Å². The standard InChI is InChI=1S/C12H16O/c1-9(2)5-10-3-4-11-7-13-8-12(11)6-10/h3-4,6,9H,5,7-8H2,1-2H3. The molecule has 0 N–H and O–H groups in total. The summed E-state index contributed by atoms with van der Waals surface area (Å²) in [7, 11) is 0. The van der Waals surface area contributed by atoms with Gasteiger partial charge in [0.1, 0.15) is 0 Å². The van der Waals surface area contributed by atoms with Crippen LogP contribution in [0.3, 0.4) is 0 Å². The van der Waals surface area contributed by atoms with E-state index >= 15 is 0 Å². The second-order valence-electron chi connectivity index (χ2n) is 4.19. The average Bonchev–Trinajstić information content (AvgIpc) is 2.49. The van der Waals surface area contributed by atoms with Gasteiger partial charge in [-0.2, -0.15) is 0 Å². The summed E-state index contributed by atoms with van der Waals surface area (Å²) in [5.74, 6) is 0.736. The summed E-state index contributed by atoms with van der Waals surface area (Å²) in [6.45, 7) is 6.12. The van der Waals surface area contributed by atoms with Gasteiger partial charge in [0.15, 0.2) is 0 Å². The predicted molar refractivity (Wildman–Crippen MR) is 53.5 cm³/mol. The molecule has 0 fully saturated rings. The van der Waals surface area contributed by atoms with Gasteiger partial charge in [0.05, 0.1) is 13.2 Å². The van der Waals surface area contributed by atoms with E-state index < -0.39 is 0 Å². The molecule has 0 amide bonds. The first-order chi connectivity index (χ1) is 6.25. The van der Waals surface area contributed by atoms with Gasteiger partial charge in [0, 0.05) is 0 Å². The minimum atomic E-state index is 0.736. The SMILES string of the molecule is CC(C)Cc1ccc2c(c1)COC2. The van der Waals surface area contributed by atoms with E-state index in [0.29, 0.717) is 0 Å². The third-order valence-electron chi connectivity index (χ3n) is 2.43. The minimum Gasteiger partial charge on any atom is -0.372 e. The maximum Gasteiger partial charge on any atom is 0.0725 e. The molecule has 1 heteroatoms. The van der Waals surface area contributed by atoms with Crippen LogP contribution in [0.25, 0.3) is 0 Å². The zero-order valence-corrected chi connectivity index (χ0v) is 8.34. The van der Waals surface area contributed by atoms with Gasteiger partial charge in [-0.1, -0.05) is 32.0 Å². The molecule has 0 unspecified atom stereocenters. The number of rotatable bonds is 2. The Bertz CT molecular complexity index is 302. The summed E-state index contributed by atoms with van der Waals surface area (Å²) in [5.41, 5.74) is 4.20. The molecule has 1 aromatic rings. The fraction of sp³-hybridized carbons (Fsp3) is 0.500. The van der Waals surface area contributed by atoms with Crippen LogP contribution in [0.5, 0.6) is 0 Å². The van der Waals surface area contributed by atoms with Crippen LogP contribution >= 0.6 is 0 Å². The lowest BCUT2D eigenvalue weighted by Crippen LogP contribution is -1.95. The Kier molecular flexibility index (Phi) is 2.36. The Balaban J connectivity index is 2.21. The summed E-state index contributed by atoms with van der Waals surface area (Å²) in [6.07, 6.45) is 1.17. The van der Waals surface area contributed by atoms with Crippen LogP contribution < -0.4 is 0 Å². The van der Waals surface area contributed by atoms with Crippen LogP contribution in [0.4, 0.5) is 0 Å². The van der Waals surface area contributed by atoms with E-state index in [4.69, 9.17) is 4.74 Å². The smallest absolute Gasteiger partial charge is 0.0725 e. The van der Waals surface area contributed by atoms with Gasteiger partial charge >= 0.3 is 0 Å². The van der Waals surface area contributed by atoms with Crippen LogP contribution in [0.15, 0.2) is 18.2 Å². The number of ether oxygens (including phenoxy) is 1. The van der Waals surface area contributed by atoms with Gasteiger partial charge in [0.2, 0.25) is 0 Å². The van der Waals surface area contributed by atoms with Crippen molar-refractivity contribution in [3.8, 4) is 0 Å². The summed E-state index contributed by atoms with van der Waals surface area (Å²) in [5, 5.41) is 0. The molecule has 0 aromatic heterocycles. The van der Waals surface area contributed by atoms with E-state index in [1.54, 1.807) is 0 Å². The molecule has 0 spiro atoms. The molecule has 1 aliphatic rings. The molecule has 1 aliphatic heterocycles. The molecule has 1 heterocycles. The number of benzene rings is 1. The van der Waals surface area contributed by atoms with Crippen molar-refractivity contribution in [2.45, 2.75) is 33.5 Å². The first kappa shape index (κ1) is 8.76. The predicted octanol–water partition coefficient (Wildman–Crippen LogP) is 2.92. The van der Waals surface area contributed by atoms with E-state index in [2.05, 4.69) is 32.0 Å². The fourth-order valence-corrected chi connectivity index (χ4v) is 1.82. The topological polar surface area (TPSA) is 9.23 Å². The van der Waals surface area contributed by atoms with Gasteiger partial charge in [-0.15, -0.1) is 0 Å². The van der Waals surface area contributed by atoms with Gasteiger partial charge in [-0.3, -0.25) is 0 Å². The largest absolute Gasteiger partial charge is 0.372 e. The van der Waals surface area contributed by atoms with E-state index in [1.165, 1.54) is 23.1 Å². The lowest BCUT2D eigenvalue weighted by atomic mass is 9.99. The van der Waals surface area contributed by atoms with Gasteiger partial charge in [-0.05, 0) is 29.0 Å². The van der Waals surface area contributed by atoms with Crippen molar-refractivity contribution in [3.05, 3.63) is 34.9 Å². The molecule has 1 aromatic carbocycles. The Hall–Kier alpha value is -0.820. The van der Waals surface area contributed by atoms with Crippen molar-refractivity contribution in [3.63, 3.8) is 0 Å². The lowest BCUT2D eigenvalue weighted by Gasteiger charge is -2.06. The number of fused-ring (bicyclic) bond motifs is 1. The van der Waals surface area contributed by atoms with Crippen LogP contribution in [0, 0.1) is 5.92 Å². The van der Waals surface area contributed by atoms with Crippen LogP contribution in [-0.4, -0.2) is 0 Å². The zero-order chi connectivity index (χ0) is 9.26. The van der Waals surface area contributed by atoms with E-state index in [-0.39, 0.29) is 0 Å². The summed E-state index contributed by atoms with van der Waals surface area (Å²) in [6, 6.07) is 6.73. The Morgan fingerprint density at radius 2 is 2.00 bits per heavy atom. The Morgan fingerprint density at radius 1 is 1.23 bits per heavy atom. The Morgan fingerprint density at radius 3 is 2.77 bits per heavy atom. The highest BCUT2D eigenvalue weighted by Gasteiger charge is 2.11. The summed E-state index contributed by atoms with van der Waals surface area (Å²) >= 11 is 0. The third kappa shape index (κ3) is 1.92. The van der Waals surface area contributed by atoms with Crippen molar-refractivity contribution in [1.29, 1.82) is 0 Å². The fourth-order valence-electron chi connectivity index (χ4n) is 1.82. The van der Waals surface area contributed by atoms with Crippen molar-refractivity contribution < 1.29 is 4.74 Å². The van der Waals surface area contributed by atoms with E-state index in [9.17, 15) is 0 Å². The van der Waals surface area contributed by atoms with E-state index in [0.717, 1.165) is 19.1 Å². The monoisotopic (exact) mass is 176 g/mol. The first-order valence-electron chi connectivity index (χ1n) is 4.94. The summed E-state index contributed by atoms with van der Waals surface area (Å²) < 4.78 is 5.37. The summed E-state index contributed by atoms with van der Waals surface area (Å²) in [4.78, 5) is 0. The average molecular weight is 176 g/mol. The van der Waals surface area contributed by atoms with Crippen LogP contribution in [-0.2, 0) is 24.4 Å². The molecular weight excluding hydrogens is 160 g/mol. The highest BCUT2D eigenvalue weighted by Crippen LogP contribution is 2.21. The van der Waals surface area contributed by atoms with Crippen LogP contribution in [0.1, 0.15) is 30.5 Å². The zero-order valence-electron chi connectivity index (χ0n) is 8.34. The van der Waals surface area contributed by atoms with Crippen molar-refractivity contribution in [2.75, 3.05) is 0 Å². The number of hydrogen-bond acceptors (Lipinski definition) is 1. The van der Waals surface area contributed by atoms with Gasteiger partial charge < -0.3 is 4.74 Å². The maximum absolute atomic E-state index is 5.37. The second kappa shape index (κ2) is 3.51. The van der Waals surface area contributed by atoms with Crippen molar-refractivity contribution in [2.24, 2.45) is 5.92 Å². The Labute approximate surface area is 79.7 Å². The molecule has 13 heavy (non-hydrogen) atoms. The molecule has 0 radical (unpaired) electrons. The highest BCUT2D eigenvalue weighted by atomic mass is 16.5. The normalized spacial score (nSPS) is 15.0. The molecule has 2 rings (SSSR count). The molecule has 0 saturated heterocycles. The van der Waals surface area contributed by atoms with Crippen molar-refractivity contribution >= 4 is 0 Å². The molecule has 70 valence electrons. The molecule has 0 bridgehead atoms. The van der Waals surface area contributed by atoms with Gasteiger partial charge in [-0.25, -0.2) is 0 Å². The lowest BCUT2D eigenvalue weighted by molar-refractivity contribution is 0.134. The van der Waals surface area contributed by atoms with Gasteiger partial charge in [0.25, 0.3) is 0 Å². The molecule has 0 atom stereocenters.